The van der Waals surface area contributed by atoms with Gasteiger partial charge < -0.3 is 9.42 Å². The molecule has 1 amide bonds. The van der Waals surface area contributed by atoms with Crippen molar-refractivity contribution in [1.29, 1.82) is 0 Å². The van der Waals surface area contributed by atoms with Crippen molar-refractivity contribution < 1.29 is 13.7 Å². The lowest BCUT2D eigenvalue weighted by Gasteiger charge is -2.16. The molecule has 5 nitrogen and oxygen atoms in total. The highest BCUT2D eigenvalue weighted by atomic mass is 19.1. The molecule has 4 rings (SSSR count). The van der Waals surface area contributed by atoms with E-state index in [9.17, 15) is 9.18 Å². The van der Waals surface area contributed by atoms with Gasteiger partial charge in [0.15, 0.2) is 5.82 Å². The first-order chi connectivity index (χ1) is 12.6. The molecule has 1 aliphatic rings. The molecular weight excluding hydrogens is 333 g/mol. The second-order valence-electron chi connectivity index (χ2n) is 6.39. The summed E-state index contributed by atoms with van der Waals surface area (Å²) in [6.07, 6.45) is 1.29. The predicted octanol–water partition coefficient (Wildman–Crippen LogP) is 3.96. The van der Waals surface area contributed by atoms with Gasteiger partial charge in [-0.2, -0.15) is 4.98 Å². The first-order valence-electron chi connectivity index (χ1n) is 8.63. The minimum absolute atomic E-state index is 0.0383. The zero-order chi connectivity index (χ0) is 18.1. The third kappa shape index (κ3) is 3.10. The largest absolute Gasteiger partial charge is 0.334 e. The van der Waals surface area contributed by atoms with E-state index in [1.165, 1.54) is 17.7 Å². The van der Waals surface area contributed by atoms with Gasteiger partial charge in [-0.25, -0.2) is 4.39 Å². The molecule has 26 heavy (non-hydrogen) atoms. The van der Waals surface area contributed by atoms with Crippen LogP contribution >= 0.6 is 0 Å². The van der Waals surface area contributed by atoms with Crippen molar-refractivity contribution >= 4 is 11.6 Å². The van der Waals surface area contributed by atoms with E-state index in [2.05, 4.69) is 17.1 Å². The van der Waals surface area contributed by atoms with Crippen LogP contribution in [0.4, 0.5) is 10.1 Å². The van der Waals surface area contributed by atoms with Gasteiger partial charge in [0.25, 0.3) is 5.89 Å². The smallest absolute Gasteiger partial charge is 0.258 e. The van der Waals surface area contributed by atoms with Gasteiger partial charge >= 0.3 is 0 Å². The van der Waals surface area contributed by atoms with Crippen molar-refractivity contribution in [3.05, 3.63) is 65.7 Å². The summed E-state index contributed by atoms with van der Waals surface area (Å²) in [4.78, 5) is 18.5. The zero-order valence-electron chi connectivity index (χ0n) is 14.4. The summed E-state index contributed by atoms with van der Waals surface area (Å²) in [6.45, 7) is 2.60. The van der Waals surface area contributed by atoms with E-state index < -0.39 is 0 Å². The van der Waals surface area contributed by atoms with E-state index in [1.807, 2.05) is 24.3 Å². The highest BCUT2D eigenvalue weighted by Crippen LogP contribution is 2.31. The molecule has 1 aliphatic heterocycles. The number of anilines is 1. The number of rotatable bonds is 4. The normalized spacial score (nSPS) is 17.1. The number of hydrogen-bond donors (Lipinski definition) is 0. The van der Waals surface area contributed by atoms with Crippen LogP contribution in [0.15, 0.2) is 53.1 Å². The Labute approximate surface area is 150 Å². The Morgan fingerprint density at radius 3 is 2.77 bits per heavy atom. The van der Waals surface area contributed by atoms with Gasteiger partial charge in [0.05, 0.1) is 0 Å². The number of amides is 1. The van der Waals surface area contributed by atoms with E-state index in [0.717, 1.165) is 12.1 Å². The maximum atomic E-state index is 13.4. The number of carbonyl (C=O) groups is 1. The molecule has 1 saturated heterocycles. The fourth-order valence-corrected chi connectivity index (χ4v) is 3.18. The van der Waals surface area contributed by atoms with Gasteiger partial charge in [0.1, 0.15) is 5.82 Å². The quantitative estimate of drug-likeness (QED) is 0.714. The number of carbonyl (C=O) groups excluding carboxylic acids is 1. The lowest BCUT2D eigenvalue weighted by atomic mass is 10.1. The lowest BCUT2D eigenvalue weighted by molar-refractivity contribution is -0.117. The van der Waals surface area contributed by atoms with Crippen LogP contribution in [0.25, 0.3) is 11.5 Å². The molecule has 1 aromatic heterocycles. The summed E-state index contributed by atoms with van der Waals surface area (Å²) in [5.74, 6) is 0.277. The van der Waals surface area contributed by atoms with Crippen molar-refractivity contribution in [2.24, 2.45) is 0 Å². The second kappa shape index (κ2) is 6.71. The average Bonchev–Trinajstić information content (AvgIpc) is 3.29. The maximum Gasteiger partial charge on any atom is 0.258 e. The predicted molar refractivity (Wildman–Crippen MR) is 95.2 cm³/mol. The lowest BCUT2D eigenvalue weighted by Crippen LogP contribution is -2.24. The molecule has 0 aliphatic carbocycles. The van der Waals surface area contributed by atoms with Gasteiger partial charge in [-0.15, -0.1) is 0 Å². The third-order valence-corrected chi connectivity index (χ3v) is 4.66. The van der Waals surface area contributed by atoms with Gasteiger partial charge in [-0.3, -0.25) is 4.79 Å². The Morgan fingerprint density at radius 1 is 1.23 bits per heavy atom. The highest BCUT2D eigenvalue weighted by molar-refractivity contribution is 5.96. The van der Waals surface area contributed by atoms with Crippen LogP contribution in [-0.4, -0.2) is 22.6 Å². The molecular formula is C20H18FN3O2. The molecule has 1 unspecified atom stereocenters. The number of halogens is 1. The van der Waals surface area contributed by atoms with Crippen LogP contribution in [0.3, 0.4) is 0 Å². The van der Waals surface area contributed by atoms with Gasteiger partial charge in [-0.05, 0) is 42.3 Å². The fraction of sp³-hybridized carbons (Fsp3) is 0.250. The molecule has 0 N–H and O–H groups in total. The molecule has 0 spiro atoms. The SMILES string of the molecule is CCc1ccc(N2CC(c3noc(-c4cccc(F)c4)n3)CC2=O)cc1. The Bertz CT molecular complexity index is 936. The van der Waals surface area contributed by atoms with Crippen LogP contribution in [0.5, 0.6) is 0 Å². The van der Waals surface area contributed by atoms with Crippen LogP contribution in [0.2, 0.25) is 0 Å². The van der Waals surface area contributed by atoms with Crippen molar-refractivity contribution in [3.8, 4) is 11.5 Å². The maximum absolute atomic E-state index is 13.4. The van der Waals surface area contributed by atoms with Crippen LogP contribution in [-0.2, 0) is 11.2 Å². The summed E-state index contributed by atoms with van der Waals surface area (Å²) in [7, 11) is 0. The Morgan fingerprint density at radius 2 is 2.04 bits per heavy atom. The van der Waals surface area contributed by atoms with E-state index in [0.29, 0.717) is 24.4 Å². The molecule has 6 heteroatoms. The summed E-state index contributed by atoms with van der Waals surface area (Å²) < 4.78 is 18.6. The molecule has 1 fully saturated rings. The van der Waals surface area contributed by atoms with Gasteiger partial charge in [-0.1, -0.05) is 30.3 Å². The average molecular weight is 351 g/mol. The molecule has 0 radical (unpaired) electrons. The molecule has 2 aromatic carbocycles. The summed E-state index contributed by atoms with van der Waals surface area (Å²) in [6, 6.07) is 14.0. The molecule has 0 bridgehead atoms. The van der Waals surface area contributed by atoms with Crippen molar-refractivity contribution in [2.45, 2.75) is 25.7 Å². The number of hydrogen-bond acceptors (Lipinski definition) is 4. The first kappa shape index (κ1) is 16.4. The standard InChI is InChI=1S/C20H18FN3O2/c1-2-13-6-8-17(9-7-13)24-12-15(11-18(24)25)19-22-20(26-23-19)14-4-3-5-16(21)10-14/h3-10,15H,2,11-12H2,1H3. The van der Waals surface area contributed by atoms with Crippen molar-refractivity contribution in [2.75, 3.05) is 11.4 Å². The van der Waals surface area contributed by atoms with E-state index in [4.69, 9.17) is 4.52 Å². The summed E-state index contributed by atoms with van der Waals surface area (Å²) in [5, 5.41) is 4.01. The number of nitrogens with zero attached hydrogens (tertiary/aromatic N) is 3. The van der Waals surface area contributed by atoms with Crippen molar-refractivity contribution in [1.82, 2.24) is 10.1 Å². The van der Waals surface area contributed by atoms with Crippen LogP contribution in [0.1, 0.15) is 30.7 Å². The van der Waals surface area contributed by atoms with Crippen LogP contribution in [0, 0.1) is 5.82 Å². The number of aryl methyl sites for hydroxylation is 1. The van der Waals surface area contributed by atoms with Crippen molar-refractivity contribution in [3.63, 3.8) is 0 Å². The fourth-order valence-electron chi connectivity index (χ4n) is 3.18. The number of aromatic nitrogens is 2. The van der Waals surface area contributed by atoms with E-state index >= 15 is 0 Å². The minimum Gasteiger partial charge on any atom is -0.334 e. The molecule has 0 saturated carbocycles. The second-order valence-corrected chi connectivity index (χ2v) is 6.39. The zero-order valence-corrected chi connectivity index (χ0v) is 14.4. The topological polar surface area (TPSA) is 59.2 Å². The highest BCUT2D eigenvalue weighted by Gasteiger charge is 2.34. The first-order valence-corrected chi connectivity index (χ1v) is 8.63. The number of benzene rings is 2. The Balaban J connectivity index is 1.53. The Kier molecular flexibility index (Phi) is 4.24. The minimum atomic E-state index is -0.361. The van der Waals surface area contributed by atoms with Crippen LogP contribution < -0.4 is 4.90 Å². The van der Waals surface area contributed by atoms with Gasteiger partial charge in [0, 0.05) is 30.1 Å². The monoisotopic (exact) mass is 351 g/mol. The summed E-state index contributed by atoms with van der Waals surface area (Å²) in [5.41, 5.74) is 2.64. The van der Waals surface area contributed by atoms with E-state index in [1.54, 1.807) is 17.0 Å². The molecule has 3 aromatic rings. The van der Waals surface area contributed by atoms with E-state index in [-0.39, 0.29) is 23.5 Å². The molecule has 1 atom stereocenters. The molecule has 132 valence electrons. The summed E-state index contributed by atoms with van der Waals surface area (Å²) >= 11 is 0. The third-order valence-electron chi connectivity index (χ3n) is 4.66. The Hall–Kier alpha value is -3.02. The molecule has 2 heterocycles. The van der Waals surface area contributed by atoms with Gasteiger partial charge in [0.2, 0.25) is 5.91 Å².